The zero-order valence-corrected chi connectivity index (χ0v) is 10.3. The van der Waals surface area contributed by atoms with Crippen LogP contribution < -0.4 is 4.74 Å². The van der Waals surface area contributed by atoms with Crippen LogP contribution in [0.1, 0.15) is 38.3 Å². The van der Waals surface area contributed by atoms with Gasteiger partial charge in [0.05, 0.1) is 6.61 Å². The fourth-order valence-corrected chi connectivity index (χ4v) is 2.69. The average molecular weight is 225 g/mol. The molecule has 0 unspecified atom stereocenters. The predicted molar refractivity (Wildman–Crippen MR) is 64.0 cm³/mol. The molecule has 1 aromatic rings. The van der Waals surface area contributed by atoms with Gasteiger partial charge in [0.1, 0.15) is 5.75 Å². The summed E-state index contributed by atoms with van der Waals surface area (Å²) in [4.78, 5) is 0. The van der Waals surface area contributed by atoms with Crippen LogP contribution in [0.5, 0.6) is 5.75 Å². The standard InChI is InChI=1S/C13H17ClO/c1-13(2,3)12-9-5-4-8-15-11(9)7-6-10(12)14/h6-7H,4-5,8H2,1-3H3. The molecule has 0 saturated heterocycles. The SMILES string of the molecule is CC(C)(C)c1c(Cl)ccc2c1CCCO2. The molecule has 0 amide bonds. The summed E-state index contributed by atoms with van der Waals surface area (Å²) in [5.41, 5.74) is 2.64. The lowest BCUT2D eigenvalue weighted by Crippen LogP contribution is -2.19. The topological polar surface area (TPSA) is 9.23 Å². The quantitative estimate of drug-likeness (QED) is 0.648. The summed E-state index contributed by atoms with van der Waals surface area (Å²) in [5, 5.41) is 0.867. The lowest BCUT2D eigenvalue weighted by atomic mass is 9.81. The van der Waals surface area contributed by atoms with Gasteiger partial charge in [-0.3, -0.25) is 0 Å². The van der Waals surface area contributed by atoms with Crippen LogP contribution in [0.4, 0.5) is 0 Å². The van der Waals surface area contributed by atoms with E-state index in [1.807, 2.05) is 12.1 Å². The lowest BCUT2D eigenvalue weighted by Gasteiger charge is -2.28. The molecule has 1 aromatic carbocycles. The van der Waals surface area contributed by atoms with E-state index in [1.54, 1.807) is 0 Å². The minimum atomic E-state index is 0.0864. The molecular formula is C13H17ClO. The molecule has 0 spiro atoms. The van der Waals surface area contributed by atoms with Gasteiger partial charge >= 0.3 is 0 Å². The van der Waals surface area contributed by atoms with Crippen molar-refractivity contribution < 1.29 is 4.74 Å². The van der Waals surface area contributed by atoms with Crippen LogP contribution >= 0.6 is 11.6 Å². The van der Waals surface area contributed by atoms with E-state index in [1.165, 1.54) is 11.1 Å². The second kappa shape index (κ2) is 3.71. The highest BCUT2D eigenvalue weighted by Gasteiger charge is 2.25. The monoisotopic (exact) mass is 224 g/mol. The summed E-state index contributed by atoms with van der Waals surface area (Å²) >= 11 is 6.29. The zero-order valence-electron chi connectivity index (χ0n) is 9.56. The van der Waals surface area contributed by atoms with E-state index in [2.05, 4.69) is 20.8 Å². The van der Waals surface area contributed by atoms with E-state index in [4.69, 9.17) is 16.3 Å². The number of hydrogen-bond acceptors (Lipinski definition) is 1. The summed E-state index contributed by atoms with van der Waals surface area (Å²) in [5.74, 6) is 1.02. The smallest absolute Gasteiger partial charge is 0.122 e. The molecule has 0 bridgehead atoms. The van der Waals surface area contributed by atoms with Crippen molar-refractivity contribution in [1.82, 2.24) is 0 Å². The third-order valence-corrected chi connectivity index (χ3v) is 3.11. The van der Waals surface area contributed by atoms with E-state index < -0.39 is 0 Å². The lowest BCUT2D eigenvalue weighted by molar-refractivity contribution is 0.286. The highest BCUT2D eigenvalue weighted by atomic mass is 35.5. The highest BCUT2D eigenvalue weighted by Crippen LogP contribution is 2.39. The van der Waals surface area contributed by atoms with Crippen LogP contribution in [-0.2, 0) is 11.8 Å². The minimum absolute atomic E-state index is 0.0864. The molecule has 1 aliphatic heterocycles. The first kappa shape index (κ1) is 10.8. The number of hydrogen-bond donors (Lipinski definition) is 0. The molecule has 0 saturated carbocycles. The molecule has 15 heavy (non-hydrogen) atoms. The Morgan fingerprint density at radius 3 is 2.67 bits per heavy atom. The van der Waals surface area contributed by atoms with Crippen molar-refractivity contribution in [1.29, 1.82) is 0 Å². The first-order valence-electron chi connectivity index (χ1n) is 5.45. The Hall–Kier alpha value is -0.690. The summed E-state index contributed by atoms with van der Waals surface area (Å²) in [6.07, 6.45) is 2.18. The van der Waals surface area contributed by atoms with Crippen LogP contribution in [0.3, 0.4) is 0 Å². The van der Waals surface area contributed by atoms with Crippen molar-refractivity contribution in [3.8, 4) is 5.75 Å². The van der Waals surface area contributed by atoms with Crippen LogP contribution in [0.15, 0.2) is 12.1 Å². The van der Waals surface area contributed by atoms with E-state index in [0.717, 1.165) is 30.2 Å². The van der Waals surface area contributed by atoms with Gasteiger partial charge in [-0.15, -0.1) is 0 Å². The number of halogens is 1. The van der Waals surface area contributed by atoms with Gasteiger partial charge in [0, 0.05) is 5.02 Å². The Kier molecular flexibility index (Phi) is 2.68. The van der Waals surface area contributed by atoms with E-state index >= 15 is 0 Å². The predicted octanol–water partition coefficient (Wildman–Crippen LogP) is 3.96. The largest absolute Gasteiger partial charge is 0.493 e. The Labute approximate surface area is 96.4 Å². The average Bonchev–Trinajstić information content (AvgIpc) is 2.15. The molecular weight excluding hydrogens is 208 g/mol. The van der Waals surface area contributed by atoms with Crippen LogP contribution in [0.2, 0.25) is 5.02 Å². The van der Waals surface area contributed by atoms with E-state index in [-0.39, 0.29) is 5.41 Å². The molecule has 2 rings (SSSR count). The van der Waals surface area contributed by atoms with Crippen molar-refractivity contribution in [3.63, 3.8) is 0 Å². The fourth-order valence-electron chi connectivity index (χ4n) is 2.23. The van der Waals surface area contributed by atoms with Gasteiger partial charge in [-0.25, -0.2) is 0 Å². The fraction of sp³-hybridized carbons (Fsp3) is 0.538. The molecule has 82 valence electrons. The maximum absolute atomic E-state index is 6.29. The first-order chi connectivity index (χ1) is 7.00. The minimum Gasteiger partial charge on any atom is -0.493 e. The Bertz CT molecular complexity index is 377. The molecule has 0 aromatic heterocycles. The molecule has 0 atom stereocenters. The molecule has 2 heteroatoms. The molecule has 1 aliphatic rings. The number of ether oxygens (including phenoxy) is 1. The van der Waals surface area contributed by atoms with E-state index in [0.29, 0.717) is 0 Å². The van der Waals surface area contributed by atoms with Crippen LogP contribution in [-0.4, -0.2) is 6.61 Å². The molecule has 0 radical (unpaired) electrons. The van der Waals surface area contributed by atoms with Crippen LogP contribution in [0, 0.1) is 0 Å². The van der Waals surface area contributed by atoms with Crippen LogP contribution in [0.25, 0.3) is 0 Å². The summed E-state index contributed by atoms with van der Waals surface area (Å²) < 4.78 is 5.66. The Balaban J connectivity index is 2.60. The summed E-state index contributed by atoms with van der Waals surface area (Å²) in [6.45, 7) is 7.42. The van der Waals surface area contributed by atoms with Gasteiger partial charge < -0.3 is 4.74 Å². The van der Waals surface area contributed by atoms with Gasteiger partial charge in [-0.05, 0) is 41.5 Å². The Morgan fingerprint density at radius 1 is 1.27 bits per heavy atom. The number of benzene rings is 1. The van der Waals surface area contributed by atoms with Crippen molar-refractivity contribution >= 4 is 11.6 Å². The first-order valence-corrected chi connectivity index (χ1v) is 5.82. The second-order valence-electron chi connectivity index (χ2n) is 5.10. The molecule has 1 heterocycles. The van der Waals surface area contributed by atoms with E-state index in [9.17, 15) is 0 Å². The Morgan fingerprint density at radius 2 is 2.00 bits per heavy atom. The highest BCUT2D eigenvalue weighted by molar-refractivity contribution is 6.31. The molecule has 1 nitrogen and oxygen atoms in total. The third kappa shape index (κ3) is 1.98. The maximum atomic E-state index is 6.29. The van der Waals surface area contributed by atoms with Crippen molar-refractivity contribution in [3.05, 3.63) is 28.3 Å². The van der Waals surface area contributed by atoms with Gasteiger partial charge in [0.25, 0.3) is 0 Å². The molecule has 0 N–H and O–H groups in total. The van der Waals surface area contributed by atoms with Crippen molar-refractivity contribution in [2.45, 2.75) is 39.0 Å². The number of fused-ring (bicyclic) bond motifs is 1. The van der Waals surface area contributed by atoms with Crippen molar-refractivity contribution in [2.75, 3.05) is 6.61 Å². The van der Waals surface area contributed by atoms with Gasteiger partial charge in [0.15, 0.2) is 0 Å². The summed E-state index contributed by atoms with van der Waals surface area (Å²) in [7, 11) is 0. The van der Waals surface area contributed by atoms with Crippen molar-refractivity contribution in [2.24, 2.45) is 0 Å². The summed E-state index contributed by atoms with van der Waals surface area (Å²) in [6, 6.07) is 3.94. The molecule has 0 aliphatic carbocycles. The maximum Gasteiger partial charge on any atom is 0.122 e. The third-order valence-electron chi connectivity index (χ3n) is 2.80. The van der Waals surface area contributed by atoms with Gasteiger partial charge in [-0.1, -0.05) is 32.4 Å². The number of rotatable bonds is 0. The normalized spacial score (nSPS) is 15.7. The molecule has 0 fully saturated rings. The van der Waals surface area contributed by atoms with Gasteiger partial charge in [0.2, 0.25) is 0 Å². The van der Waals surface area contributed by atoms with Gasteiger partial charge in [-0.2, -0.15) is 0 Å². The zero-order chi connectivity index (χ0) is 11.1. The second-order valence-corrected chi connectivity index (χ2v) is 5.51.